The summed E-state index contributed by atoms with van der Waals surface area (Å²) in [6.07, 6.45) is 5.04. The first-order valence-corrected chi connectivity index (χ1v) is 9.78. The number of anilines is 1. The first kappa shape index (κ1) is 19.9. The van der Waals surface area contributed by atoms with Crippen molar-refractivity contribution in [3.63, 3.8) is 0 Å². The Morgan fingerprint density at radius 3 is 2.50 bits per heavy atom. The van der Waals surface area contributed by atoms with E-state index in [1.807, 2.05) is 0 Å². The zero-order valence-electron chi connectivity index (χ0n) is 15.5. The molecule has 0 saturated heterocycles. The molecule has 0 bridgehead atoms. The molecule has 0 radical (unpaired) electrons. The number of aromatic nitrogens is 3. The number of rotatable bonds is 5. The third kappa shape index (κ3) is 4.28. The summed E-state index contributed by atoms with van der Waals surface area (Å²) >= 11 is 3.34. The molecule has 0 fully saturated rings. The van der Waals surface area contributed by atoms with Crippen LogP contribution in [0.3, 0.4) is 0 Å². The lowest BCUT2D eigenvalue weighted by Gasteiger charge is -2.23. The Morgan fingerprint density at radius 2 is 1.87 bits per heavy atom. The molecule has 30 heavy (non-hydrogen) atoms. The predicted molar refractivity (Wildman–Crippen MR) is 112 cm³/mol. The van der Waals surface area contributed by atoms with E-state index in [0.29, 0.717) is 11.3 Å². The van der Waals surface area contributed by atoms with Crippen LogP contribution >= 0.6 is 15.9 Å². The van der Waals surface area contributed by atoms with Gasteiger partial charge in [-0.15, -0.1) is 0 Å². The number of hydrogen-bond donors (Lipinski definition) is 0. The van der Waals surface area contributed by atoms with Gasteiger partial charge in [0.05, 0.1) is 34.3 Å². The zero-order chi connectivity index (χ0) is 21.1. The standard InChI is InChI=1S/C22H15BrF2N4O/c23-16-12-27-29(13-16)19-7-4-15(5-8-19)22(30)28(14-18-3-1-2-10-26-18)21-9-6-17(24)11-20(21)25/h1-13H,14H2. The number of halogens is 3. The number of carbonyl (C=O) groups is 1. The highest BCUT2D eigenvalue weighted by molar-refractivity contribution is 9.10. The van der Waals surface area contributed by atoms with Gasteiger partial charge in [-0.05, 0) is 64.5 Å². The van der Waals surface area contributed by atoms with E-state index in [2.05, 4.69) is 26.0 Å². The molecule has 0 unspecified atom stereocenters. The second-order valence-corrected chi connectivity index (χ2v) is 7.37. The van der Waals surface area contributed by atoms with Gasteiger partial charge >= 0.3 is 0 Å². The van der Waals surface area contributed by atoms with Crippen molar-refractivity contribution in [2.24, 2.45) is 0 Å². The Balaban J connectivity index is 1.68. The molecule has 4 rings (SSSR count). The highest BCUT2D eigenvalue weighted by atomic mass is 79.9. The highest BCUT2D eigenvalue weighted by Crippen LogP contribution is 2.24. The Bertz CT molecular complexity index is 1180. The summed E-state index contributed by atoms with van der Waals surface area (Å²) in [5.74, 6) is -1.96. The SMILES string of the molecule is O=C(c1ccc(-n2cc(Br)cn2)cc1)N(Cc1ccccn1)c1ccc(F)cc1F. The van der Waals surface area contributed by atoms with Gasteiger partial charge in [0, 0.05) is 24.0 Å². The molecule has 2 heterocycles. The summed E-state index contributed by atoms with van der Waals surface area (Å²) < 4.78 is 30.4. The van der Waals surface area contributed by atoms with E-state index in [4.69, 9.17) is 0 Å². The smallest absolute Gasteiger partial charge is 0.258 e. The third-order valence-corrected chi connectivity index (χ3v) is 4.83. The van der Waals surface area contributed by atoms with Gasteiger partial charge in [-0.3, -0.25) is 14.7 Å². The molecule has 0 atom stereocenters. The number of hydrogen-bond acceptors (Lipinski definition) is 3. The van der Waals surface area contributed by atoms with Crippen LogP contribution in [0.5, 0.6) is 0 Å². The minimum atomic E-state index is -0.822. The fraction of sp³-hybridized carbons (Fsp3) is 0.0455. The zero-order valence-corrected chi connectivity index (χ0v) is 17.1. The molecule has 0 N–H and O–H groups in total. The Morgan fingerprint density at radius 1 is 1.07 bits per heavy atom. The number of amides is 1. The lowest BCUT2D eigenvalue weighted by molar-refractivity contribution is 0.0984. The summed E-state index contributed by atoms with van der Waals surface area (Å²) in [5.41, 5.74) is 1.67. The minimum absolute atomic E-state index is 0.0212. The summed E-state index contributed by atoms with van der Waals surface area (Å²) in [6, 6.07) is 15.2. The number of nitrogens with zero attached hydrogens (tertiary/aromatic N) is 4. The van der Waals surface area contributed by atoms with E-state index < -0.39 is 17.5 Å². The van der Waals surface area contributed by atoms with E-state index in [0.717, 1.165) is 22.3 Å². The largest absolute Gasteiger partial charge is 0.299 e. The first-order chi connectivity index (χ1) is 14.5. The van der Waals surface area contributed by atoms with Crippen molar-refractivity contribution in [1.82, 2.24) is 14.8 Å². The number of carbonyl (C=O) groups excluding carboxylic acids is 1. The third-order valence-electron chi connectivity index (χ3n) is 4.42. The lowest BCUT2D eigenvalue weighted by atomic mass is 10.1. The quantitative estimate of drug-likeness (QED) is 0.406. The monoisotopic (exact) mass is 468 g/mol. The van der Waals surface area contributed by atoms with Gasteiger partial charge in [0.15, 0.2) is 0 Å². The fourth-order valence-electron chi connectivity index (χ4n) is 2.97. The molecule has 2 aromatic heterocycles. The second kappa shape index (κ2) is 8.54. The first-order valence-electron chi connectivity index (χ1n) is 8.99. The van der Waals surface area contributed by atoms with Crippen LogP contribution < -0.4 is 4.90 Å². The van der Waals surface area contributed by atoms with Crippen molar-refractivity contribution >= 4 is 27.5 Å². The molecule has 0 saturated carbocycles. The Kier molecular flexibility index (Phi) is 5.67. The molecular weight excluding hydrogens is 454 g/mol. The molecule has 1 amide bonds. The maximum absolute atomic E-state index is 14.5. The molecular formula is C22H15BrF2N4O. The number of benzene rings is 2. The second-order valence-electron chi connectivity index (χ2n) is 6.46. The van der Waals surface area contributed by atoms with E-state index in [1.54, 1.807) is 65.7 Å². The van der Waals surface area contributed by atoms with Crippen molar-refractivity contribution < 1.29 is 13.6 Å². The molecule has 150 valence electrons. The average Bonchev–Trinajstić information content (AvgIpc) is 3.19. The van der Waals surface area contributed by atoms with Gasteiger partial charge in [0.1, 0.15) is 11.6 Å². The fourth-order valence-corrected chi connectivity index (χ4v) is 3.26. The molecule has 5 nitrogen and oxygen atoms in total. The lowest BCUT2D eigenvalue weighted by Crippen LogP contribution is -2.31. The van der Waals surface area contributed by atoms with Crippen LogP contribution in [-0.4, -0.2) is 20.7 Å². The highest BCUT2D eigenvalue weighted by Gasteiger charge is 2.22. The summed E-state index contributed by atoms with van der Waals surface area (Å²) in [6.45, 7) is 0.0378. The topological polar surface area (TPSA) is 51.0 Å². The van der Waals surface area contributed by atoms with Crippen LogP contribution in [0.2, 0.25) is 0 Å². The van der Waals surface area contributed by atoms with Crippen molar-refractivity contribution in [2.45, 2.75) is 6.54 Å². The Labute approximate surface area is 179 Å². The molecule has 8 heteroatoms. The van der Waals surface area contributed by atoms with Crippen molar-refractivity contribution in [2.75, 3.05) is 4.90 Å². The van der Waals surface area contributed by atoms with Gasteiger partial charge in [0.2, 0.25) is 0 Å². The van der Waals surface area contributed by atoms with Gasteiger partial charge in [-0.1, -0.05) is 6.07 Å². The van der Waals surface area contributed by atoms with Crippen LogP contribution in [0.1, 0.15) is 16.1 Å². The van der Waals surface area contributed by atoms with Crippen LogP contribution in [0, 0.1) is 11.6 Å². The van der Waals surface area contributed by atoms with E-state index in [1.165, 1.54) is 11.0 Å². The summed E-state index contributed by atoms with van der Waals surface area (Å²) in [4.78, 5) is 18.7. The maximum atomic E-state index is 14.5. The van der Waals surface area contributed by atoms with Crippen LogP contribution in [-0.2, 0) is 6.54 Å². The normalized spacial score (nSPS) is 10.8. The molecule has 0 aliphatic heterocycles. The minimum Gasteiger partial charge on any atom is -0.299 e. The molecule has 0 spiro atoms. The molecule has 0 aliphatic carbocycles. The van der Waals surface area contributed by atoms with E-state index in [9.17, 15) is 13.6 Å². The van der Waals surface area contributed by atoms with Crippen LogP contribution in [0.4, 0.5) is 14.5 Å². The van der Waals surface area contributed by atoms with E-state index >= 15 is 0 Å². The molecule has 2 aromatic carbocycles. The van der Waals surface area contributed by atoms with Crippen LogP contribution in [0.15, 0.2) is 83.7 Å². The summed E-state index contributed by atoms with van der Waals surface area (Å²) in [7, 11) is 0. The van der Waals surface area contributed by atoms with Gasteiger partial charge in [-0.25, -0.2) is 13.5 Å². The maximum Gasteiger partial charge on any atom is 0.258 e. The van der Waals surface area contributed by atoms with Crippen molar-refractivity contribution in [3.05, 3.63) is 107 Å². The number of pyridine rings is 1. The summed E-state index contributed by atoms with van der Waals surface area (Å²) in [5, 5.41) is 4.20. The Hall–Kier alpha value is -3.39. The van der Waals surface area contributed by atoms with Crippen molar-refractivity contribution in [1.29, 1.82) is 0 Å². The average molecular weight is 469 g/mol. The van der Waals surface area contributed by atoms with Gasteiger partial charge in [0.25, 0.3) is 5.91 Å². The van der Waals surface area contributed by atoms with Crippen molar-refractivity contribution in [3.8, 4) is 5.69 Å². The van der Waals surface area contributed by atoms with Gasteiger partial charge in [-0.2, -0.15) is 5.10 Å². The predicted octanol–water partition coefficient (Wildman–Crippen LogP) is 5.16. The molecule has 0 aliphatic rings. The van der Waals surface area contributed by atoms with Crippen LogP contribution in [0.25, 0.3) is 5.69 Å². The van der Waals surface area contributed by atoms with Gasteiger partial charge < -0.3 is 0 Å². The van der Waals surface area contributed by atoms with E-state index in [-0.39, 0.29) is 12.2 Å². The molecule has 4 aromatic rings.